The highest BCUT2D eigenvalue weighted by Gasteiger charge is 2.22. The van der Waals surface area contributed by atoms with Crippen LogP contribution < -0.4 is 4.90 Å². The van der Waals surface area contributed by atoms with Gasteiger partial charge in [0.2, 0.25) is 0 Å². The Morgan fingerprint density at radius 2 is 1.08 bits per heavy atom. The number of fused-ring (bicyclic) bond motifs is 9. The predicted octanol–water partition coefficient (Wildman–Crippen LogP) is 14.1. The van der Waals surface area contributed by atoms with Crippen LogP contribution in [0.25, 0.3) is 82.1 Å². The minimum atomic E-state index is 0.869. The molecule has 0 N–H and O–H groups in total. The van der Waals surface area contributed by atoms with Gasteiger partial charge >= 0.3 is 0 Å². The molecule has 2 heterocycles. The van der Waals surface area contributed by atoms with Crippen LogP contribution in [-0.4, -0.2) is 4.57 Å². The number of nitrogens with zero attached hydrogens (tertiary/aromatic N) is 2. The van der Waals surface area contributed by atoms with Crippen molar-refractivity contribution in [3.8, 4) is 16.8 Å². The number of anilines is 3. The lowest BCUT2D eigenvalue weighted by atomic mass is 9.98. The number of para-hydroxylation sites is 2. The van der Waals surface area contributed by atoms with E-state index in [1.165, 1.54) is 49.1 Å². The van der Waals surface area contributed by atoms with Gasteiger partial charge in [-0.15, -0.1) is 0 Å². The predicted molar refractivity (Wildman–Crippen MR) is 223 cm³/mol. The van der Waals surface area contributed by atoms with Crippen LogP contribution in [0.1, 0.15) is 0 Å². The standard InChI is InChI=1S/C50H32N2O/c1-2-15-36(16-3-1)52-45-21-9-8-19-42(45)44-32-38(29-31-46(44)52)51(37-27-24-35(25-28-37)40-20-10-14-33-12-4-6-17-39(33)40)47-22-11-23-48-49(47)43-30-26-34-13-5-7-18-41(34)50(43)53-48/h1-32H. The van der Waals surface area contributed by atoms with Crippen LogP contribution in [-0.2, 0) is 0 Å². The second-order valence-electron chi connectivity index (χ2n) is 13.7. The van der Waals surface area contributed by atoms with Gasteiger partial charge in [0, 0.05) is 38.6 Å². The van der Waals surface area contributed by atoms with Gasteiger partial charge in [0.25, 0.3) is 0 Å². The van der Waals surface area contributed by atoms with Gasteiger partial charge in [-0.3, -0.25) is 0 Å². The first kappa shape index (κ1) is 29.6. The first-order valence-corrected chi connectivity index (χ1v) is 18.1. The van der Waals surface area contributed by atoms with Crippen LogP contribution in [0.4, 0.5) is 17.1 Å². The molecule has 0 fully saturated rings. The van der Waals surface area contributed by atoms with E-state index in [-0.39, 0.29) is 0 Å². The minimum absolute atomic E-state index is 0.869. The van der Waals surface area contributed by atoms with Crippen LogP contribution in [0, 0.1) is 0 Å². The Morgan fingerprint density at radius 1 is 0.415 bits per heavy atom. The Balaban J connectivity index is 1.16. The average molecular weight is 677 g/mol. The van der Waals surface area contributed by atoms with Crippen LogP contribution >= 0.6 is 0 Å². The summed E-state index contributed by atoms with van der Waals surface area (Å²) in [7, 11) is 0. The number of benzene rings is 9. The molecule has 11 rings (SSSR count). The Bertz CT molecular complexity index is 3160. The zero-order valence-electron chi connectivity index (χ0n) is 28.8. The molecule has 3 heteroatoms. The lowest BCUT2D eigenvalue weighted by Crippen LogP contribution is -2.10. The summed E-state index contributed by atoms with van der Waals surface area (Å²) in [6.45, 7) is 0. The van der Waals surface area contributed by atoms with E-state index in [1.54, 1.807) is 0 Å². The SMILES string of the molecule is c1ccc(-n2c3ccccc3c3cc(N(c4ccc(-c5cccc6ccccc56)cc4)c4cccc5oc6c7ccccc7ccc6c45)ccc32)cc1. The van der Waals surface area contributed by atoms with E-state index < -0.39 is 0 Å². The van der Waals surface area contributed by atoms with E-state index >= 15 is 0 Å². The Kier molecular flexibility index (Phi) is 6.55. The highest BCUT2D eigenvalue weighted by atomic mass is 16.3. The largest absolute Gasteiger partial charge is 0.455 e. The molecular weight excluding hydrogens is 645 g/mol. The summed E-state index contributed by atoms with van der Waals surface area (Å²) in [5.41, 5.74) is 10.9. The maximum atomic E-state index is 6.70. The van der Waals surface area contributed by atoms with Gasteiger partial charge in [0.1, 0.15) is 11.2 Å². The van der Waals surface area contributed by atoms with Crippen molar-refractivity contribution in [2.45, 2.75) is 0 Å². The number of hydrogen-bond acceptors (Lipinski definition) is 2. The van der Waals surface area contributed by atoms with Gasteiger partial charge in [0.05, 0.1) is 22.1 Å². The number of aromatic nitrogens is 1. The van der Waals surface area contributed by atoms with E-state index in [4.69, 9.17) is 4.42 Å². The second kappa shape index (κ2) is 11.7. The van der Waals surface area contributed by atoms with E-state index in [2.05, 4.69) is 204 Å². The van der Waals surface area contributed by atoms with Crippen LogP contribution in [0.2, 0.25) is 0 Å². The molecule has 0 saturated carbocycles. The van der Waals surface area contributed by atoms with Crippen molar-refractivity contribution in [3.05, 3.63) is 194 Å². The maximum Gasteiger partial charge on any atom is 0.143 e. The molecule has 248 valence electrons. The summed E-state index contributed by atoms with van der Waals surface area (Å²) in [5, 5.41) is 9.40. The zero-order chi connectivity index (χ0) is 34.9. The van der Waals surface area contributed by atoms with Gasteiger partial charge in [-0.1, -0.05) is 127 Å². The van der Waals surface area contributed by atoms with Crippen molar-refractivity contribution in [2.24, 2.45) is 0 Å². The summed E-state index contributed by atoms with van der Waals surface area (Å²) in [6.07, 6.45) is 0. The van der Waals surface area contributed by atoms with Crippen molar-refractivity contribution in [2.75, 3.05) is 4.90 Å². The summed E-state index contributed by atoms with van der Waals surface area (Å²) in [4.78, 5) is 2.40. The monoisotopic (exact) mass is 676 g/mol. The molecule has 0 atom stereocenters. The number of furan rings is 1. The molecule has 0 aliphatic rings. The first-order valence-electron chi connectivity index (χ1n) is 18.1. The fraction of sp³-hybridized carbons (Fsp3) is 0. The Hall–Kier alpha value is -7.10. The lowest BCUT2D eigenvalue weighted by Gasteiger charge is -2.27. The smallest absolute Gasteiger partial charge is 0.143 e. The van der Waals surface area contributed by atoms with Gasteiger partial charge in [-0.2, -0.15) is 0 Å². The van der Waals surface area contributed by atoms with Crippen molar-refractivity contribution in [1.82, 2.24) is 4.57 Å². The lowest BCUT2D eigenvalue weighted by molar-refractivity contribution is 0.672. The number of hydrogen-bond donors (Lipinski definition) is 0. The van der Waals surface area contributed by atoms with Gasteiger partial charge in [-0.25, -0.2) is 0 Å². The Morgan fingerprint density at radius 3 is 1.92 bits per heavy atom. The third kappa shape index (κ3) is 4.61. The highest BCUT2D eigenvalue weighted by Crippen LogP contribution is 2.46. The molecule has 0 aliphatic carbocycles. The van der Waals surface area contributed by atoms with Crippen molar-refractivity contribution in [1.29, 1.82) is 0 Å². The van der Waals surface area contributed by atoms with Crippen LogP contribution in [0.5, 0.6) is 0 Å². The second-order valence-corrected chi connectivity index (χ2v) is 13.7. The molecule has 0 radical (unpaired) electrons. The van der Waals surface area contributed by atoms with Gasteiger partial charge < -0.3 is 13.9 Å². The summed E-state index contributed by atoms with van der Waals surface area (Å²) >= 11 is 0. The summed E-state index contributed by atoms with van der Waals surface area (Å²) < 4.78 is 9.06. The van der Waals surface area contributed by atoms with E-state index in [0.717, 1.165) is 50.1 Å². The fourth-order valence-electron chi connectivity index (χ4n) is 8.37. The third-order valence-electron chi connectivity index (χ3n) is 10.8. The molecule has 0 amide bonds. The van der Waals surface area contributed by atoms with Crippen LogP contribution in [0.3, 0.4) is 0 Å². The molecule has 0 bridgehead atoms. The van der Waals surface area contributed by atoms with Crippen LogP contribution in [0.15, 0.2) is 199 Å². The number of rotatable bonds is 5. The summed E-state index contributed by atoms with van der Waals surface area (Å²) in [6, 6.07) is 69.7. The molecule has 9 aromatic carbocycles. The average Bonchev–Trinajstić information content (AvgIpc) is 3.78. The minimum Gasteiger partial charge on any atom is -0.455 e. The molecule has 0 saturated heterocycles. The normalized spacial score (nSPS) is 11.8. The maximum absolute atomic E-state index is 6.70. The molecule has 11 aromatic rings. The first-order chi connectivity index (χ1) is 26.3. The van der Waals surface area contributed by atoms with Gasteiger partial charge in [0.15, 0.2) is 0 Å². The quantitative estimate of drug-likeness (QED) is 0.181. The molecule has 0 unspecified atom stereocenters. The van der Waals surface area contributed by atoms with Crippen molar-refractivity contribution in [3.63, 3.8) is 0 Å². The van der Waals surface area contributed by atoms with E-state index in [0.29, 0.717) is 0 Å². The van der Waals surface area contributed by atoms with Gasteiger partial charge in [-0.05, 0) is 94.0 Å². The molecule has 2 aromatic heterocycles. The third-order valence-corrected chi connectivity index (χ3v) is 10.8. The zero-order valence-corrected chi connectivity index (χ0v) is 28.8. The van der Waals surface area contributed by atoms with Crippen molar-refractivity contribution >= 4 is 82.4 Å². The van der Waals surface area contributed by atoms with E-state index in [9.17, 15) is 0 Å². The molecule has 0 spiro atoms. The molecule has 3 nitrogen and oxygen atoms in total. The summed E-state index contributed by atoms with van der Waals surface area (Å²) in [5.74, 6) is 0. The molecular formula is C50H32N2O. The molecule has 0 aliphatic heterocycles. The molecule has 53 heavy (non-hydrogen) atoms. The Labute approximate surface area is 306 Å². The highest BCUT2D eigenvalue weighted by molar-refractivity contribution is 6.20. The van der Waals surface area contributed by atoms with E-state index in [1.807, 2.05) is 0 Å². The van der Waals surface area contributed by atoms with Crippen molar-refractivity contribution < 1.29 is 4.42 Å². The topological polar surface area (TPSA) is 21.3 Å². The fourth-order valence-corrected chi connectivity index (χ4v) is 8.37.